The van der Waals surface area contributed by atoms with Gasteiger partial charge in [0.25, 0.3) is 0 Å². The highest BCUT2D eigenvalue weighted by atomic mass is 19.4. The van der Waals surface area contributed by atoms with E-state index in [-0.39, 0.29) is 11.3 Å². The van der Waals surface area contributed by atoms with Gasteiger partial charge in [-0.3, -0.25) is 0 Å². The smallest absolute Gasteiger partial charge is 0.385 e. The molecule has 0 aliphatic heterocycles. The van der Waals surface area contributed by atoms with Crippen LogP contribution in [0.5, 0.6) is 0 Å². The molecule has 7 heteroatoms. The highest BCUT2D eigenvalue weighted by molar-refractivity contribution is 5.84. The molecule has 1 aromatic heterocycles. The van der Waals surface area contributed by atoms with Gasteiger partial charge in [-0.2, -0.15) is 13.2 Å². The number of rotatable bonds is 8. The van der Waals surface area contributed by atoms with Gasteiger partial charge in [-0.1, -0.05) is 62.0 Å². The fraction of sp³-hybridized carbons (Fsp3) is 0.138. The third-order valence-electron chi connectivity index (χ3n) is 5.59. The van der Waals surface area contributed by atoms with Crippen molar-refractivity contribution in [2.45, 2.75) is 19.5 Å². The lowest BCUT2D eigenvalue weighted by Crippen LogP contribution is -2.09. The molecule has 0 saturated carbocycles. The van der Waals surface area contributed by atoms with E-state index in [9.17, 15) is 17.6 Å². The van der Waals surface area contributed by atoms with Gasteiger partial charge >= 0.3 is 6.18 Å². The van der Waals surface area contributed by atoms with Crippen molar-refractivity contribution in [3.63, 3.8) is 0 Å². The number of anilines is 2. The Morgan fingerprint density at radius 3 is 2.33 bits per heavy atom. The zero-order valence-corrected chi connectivity index (χ0v) is 19.7. The average Bonchev–Trinajstić information content (AvgIpc) is 2.87. The van der Waals surface area contributed by atoms with Crippen molar-refractivity contribution in [3.05, 3.63) is 108 Å². The number of aromatic nitrogens is 1. The van der Waals surface area contributed by atoms with Crippen molar-refractivity contribution in [1.82, 2.24) is 4.98 Å². The fourth-order valence-electron chi connectivity index (χ4n) is 3.89. The molecular weight excluding hydrogens is 466 g/mol. The highest BCUT2D eigenvalue weighted by Crippen LogP contribution is 2.38. The number of halogens is 4. The minimum atomic E-state index is -4.54. The summed E-state index contributed by atoms with van der Waals surface area (Å²) in [7, 11) is 0. The van der Waals surface area contributed by atoms with Crippen LogP contribution in [0.4, 0.5) is 29.1 Å². The molecule has 0 amide bonds. The van der Waals surface area contributed by atoms with E-state index >= 15 is 0 Å². The summed E-state index contributed by atoms with van der Waals surface area (Å²) in [6, 6.07) is 22.3. The molecule has 1 heterocycles. The minimum Gasteiger partial charge on any atom is -0.385 e. The normalized spacial score (nSPS) is 11.2. The molecule has 4 rings (SSSR count). The number of alkyl halides is 3. The Balaban J connectivity index is 1.80. The van der Waals surface area contributed by atoms with Crippen molar-refractivity contribution in [3.8, 4) is 22.4 Å². The van der Waals surface area contributed by atoms with Gasteiger partial charge in [0, 0.05) is 29.1 Å². The number of hydrogen-bond donors (Lipinski definition) is 2. The lowest BCUT2D eigenvalue weighted by atomic mass is 9.99. The third-order valence-corrected chi connectivity index (χ3v) is 5.59. The van der Waals surface area contributed by atoms with Crippen molar-refractivity contribution in [2.75, 3.05) is 17.2 Å². The molecule has 0 unspecified atom stereocenters. The maximum Gasteiger partial charge on any atom is 0.417 e. The van der Waals surface area contributed by atoms with E-state index in [2.05, 4.69) is 22.2 Å². The summed E-state index contributed by atoms with van der Waals surface area (Å²) < 4.78 is 55.4. The lowest BCUT2D eigenvalue weighted by molar-refractivity contribution is -0.137. The first-order valence-electron chi connectivity index (χ1n) is 11.5. The topological polar surface area (TPSA) is 37.0 Å². The molecular formula is C29H25F4N3. The van der Waals surface area contributed by atoms with Gasteiger partial charge in [0.1, 0.15) is 11.6 Å². The van der Waals surface area contributed by atoms with Crippen LogP contribution >= 0.6 is 0 Å². The highest BCUT2D eigenvalue weighted by Gasteiger charge is 2.33. The first-order chi connectivity index (χ1) is 17.3. The maximum absolute atomic E-state index is 14.1. The van der Waals surface area contributed by atoms with Gasteiger partial charge in [-0.25, -0.2) is 9.37 Å². The largest absolute Gasteiger partial charge is 0.417 e. The molecule has 0 aliphatic carbocycles. The van der Waals surface area contributed by atoms with Gasteiger partial charge < -0.3 is 10.6 Å². The quantitative estimate of drug-likeness (QED) is 0.243. The van der Waals surface area contributed by atoms with E-state index < -0.39 is 17.6 Å². The number of pyridine rings is 1. The summed E-state index contributed by atoms with van der Waals surface area (Å²) in [5, 5.41) is 6.33. The molecule has 0 spiro atoms. The average molecular weight is 492 g/mol. The van der Waals surface area contributed by atoms with E-state index in [4.69, 9.17) is 0 Å². The minimum absolute atomic E-state index is 0.0347. The fourth-order valence-corrected chi connectivity index (χ4v) is 3.89. The SMILES string of the molecule is C=C(Nc1cc(-c2ccccc2)cc(-c2ccccc2C(F)(F)F)n1)c1cc(F)ccc1NCCC. The van der Waals surface area contributed by atoms with Gasteiger partial charge in [-0.15, -0.1) is 0 Å². The second-order valence-electron chi connectivity index (χ2n) is 8.26. The Morgan fingerprint density at radius 2 is 1.61 bits per heavy atom. The van der Waals surface area contributed by atoms with Gasteiger partial charge in [0.15, 0.2) is 0 Å². The molecule has 36 heavy (non-hydrogen) atoms. The van der Waals surface area contributed by atoms with E-state index in [1.54, 1.807) is 24.3 Å². The molecule has 0 aliphatic rings. The summed E-state index contributed by atoms with van der Waals surface area (Å²) in [5.41, 5.74) is 2.40. The van der Waals surface area contributed by atoms with Crippen LogP contribution in [-0.2, 0) is 6.18 Å². The van der Waals surface area contributed by atoms with E-state index in [1.165, 1.54) is 24.3 Å². The molecule has 0 fully saturated rings. The number of nitrogens with one attached hydrogen (secondary N) is 2. The summed E-state index contributed by atoms with van der Waals surface area (Å²) in [6.07, 6.45) is -3.67. The number of nitrogens with zero attached hydrogens (tertiary/aromatic N) is 1. The second kappa shape index (κ2) is 10.6. The number of benzene rings is 3. The van der Waals surface area contributed by atoms with Gasteiger partial charge in [0.05, 0.1) is 11.3 Å². The predicted molar refractivity (Wildman–Crippen MR) is 138 cm³/mol. The number of hydrogen-bond acceptors (Lipinski definition) is 3. The summed E-state index contributed by atoms with van der Waals surface area (Å²) in [5.74, 6) is -0.139. The molecule has 2 N–H and O–H groups in total. The molecule has 0 radical (unpaired) electrons. The van der Waals surface area contributed by atoms with Crippen LogP contribution in [0.2, 0.25) is 0 Å². The molecule has 0 atom stereocenters. The standard InChI is InChI=1S/C29H25F4N3/c1-3-15-34-26-14-13-22(30)18-24(26)19(2)35-28-17-21(20-9-5-4-6-10-20)16-27(36-28)23-11-7-8-12-25(23)29(31,32)33/h4-14,16-18,34H,2-3,15H2,1H3,(H,35,36). The first-order valence-corrected chi connectivity index (χ1v) is 11.5. The molecule has 4 aromatic rings. The first kappa shape index (κ1) is 25.0. The van der Waals surface area contributed by atoms with E-state index in [0.717, 1.165) is 18.1 Å². The van der Waals surface area contributed by atoms with Gasteiger partial charge in [-0.05, 0) is 53.9 Å². The van der Waals surface area contributed by atoms with Crippen LogP contribution < -0.4 is 10.6 Å². The Bertz CT molecular complexity index is 1360. The second-order valence-corrected chi connectivity index (χ2v) is 8.26. The Morgan fingerprint density at radius 1 is 0.889 bits per heavy atom. The zero-order chi connectivity index (χ0) is 25.7. The van der Waals surface area contributed by atoms with Crippen molar-refractivity contribution < 1.29 is 17.6 Å². The monoisotopic (exact) mass is 491 g/mol. The Kier molecular flexibility index (Phi) is 7.38. The van der Waals surface area contributed by atoms with Crippen LogP contribution in [0.3, 0.4) is 0 Å². The summed E-state index contributed by atoms with van der Waals surface area (Å²) in [6.45, 7) is 6.76. The van der Waals surface area contributed by atoms with Crippen LogP contribution in [0.1, 0.15) is 24.5 Å². The van der Waals surface area contributed by atoms with Crippen molar-refractivity contribution in [1.29, 1.82) is 0 Å². The van der Waals surface area contributed by atoms with Gasteiger partial charge in [0.2, 0.25) is 0 Å². The molecule has 0 saturated heterocycles. The predicted octanol–water partition coefficient (Wildman–Crippen LogP) is 8.48. The van der Waals surface area contributed by atoms with E-state index in [1.807, 2.05) is 37.3 Å². The Hall–Kier alpha value is -4.13. The zero-order valence-electron chi connectivity index (χ0n) is 19.7. The van der Waals surface area contributed by atoms with Crippen LogP contribution in [0.25, 0.3) is 28.1 Å². The van der Waals surface area contributed by atoms with Crippen LogP contribution in [0.15, 0.2) is 91.5 Å². The van der Waals surface area contributed by atoms with Crippen LogP contribution in [0, 0.1) is 5.82 Å². The van der Waals surface area contributed by atoms with Crippen molar-refractivity contribution in [2.24, 2.45) is 0 Å². The molecule has 184 valence electrons. The lowest BCUT2D eigenvalue weighted by Gasteiger charge is -2.18. The molecule has 3 aromatic carbocycles. The molecule has 0 bridgehead atoms. The third kappa shape index (κ3) is 5.74. The summed E-state index contributed by atoms with van der Waals surface area (Å²) >= 11 is 0. The van der Waals surface area contributed by atoms with Crippen LogP contribution in [-0.4, -0.2) is 11.5 Å². The Labute approximate surface area is 207 Å². The molecule has 3 nitrogen and oxygen atoms in total. The summed E-state index contributed by atoms with van der Waals surface area (Å²) in [4.78, 5) is 4.50. The van der Waals surface area contributed by atoms with E-state index in [0.29, 0.717) is 34.9 Å². The van der Waals surface area contributed by atoms with Crippen molar-refractivity contribution >= 4 is 17.2 Å². The maximum atomic E-state index is 14.1.